The van der Waals surface area contributed by atoms with E-state index in [1.54, 1.807) is 0 Å². The van der Waals surface area contributed by atoms with Crippen molar-refractivity contribution in [3.63, 3.8) is 0 Å². The number of halogens is 1. The van der Waals surface area contributed by atoms with Gasteiger partial charge in [-0.15, -0.1) is 0 Å². The van der Waals surface area contributed by atoms with Gasteiger partial charge in [0.2, 0.25) is 0 Å². The topological polar surface area (TPSA) is 53.1 Å². The Kier molecular flexibility index (Phi) is 3.77. The van der Waals surface area contributed by atoms with Crippen LogP contribution in [0.2, 0.25) is 5.02 Å². The molecule has 0 aliphatic heterocycles. The molecular formula is C22H17ClN4. The zero-order valence-corrected chi connectivity index (χ0v) is 15.4. The van der Waals surface area contributed by atoms with E-state index in [0.29, 0.717) is 10.6 Å². The Morgan fingerprint density at radius 3 is 2.67 bits per heavy atom. The number of hydrogen-bond acceptors (Lipinski definition) is 3. The lowest BCUT2D eigenvalue weighted by atomic mass is 9.89. The van der Waals surface area contributed by atoms with Gasteiger partial charge < -0.3 is 5.32 Å². The van der Waals surface area contributed by atoms with E-state index in [1.807, 2.05) is 42.5 Å². The predicted octanol–water partition coefficient (Wildman–Crippen LogP) is 5.63. The minimum atomic E-state index is 0.689. The van der Waals surface area contributed by atoms with Crippen LogP contribution in [0.3, 0.4) is 0 Å². The molecular weight excluding hydrogens is 356 g/mol. The number of para-hydroxylation sites is 2. The lowest BCUT2D eigenvalue weighted by molar-refractivity contribution is 0.682. The van der Waals surface area contributed by atoms with E-state index in [4.69, 9.17) is 16.6 Å². The highest BCUT2D eigenvalue weighted by Crippen LogP contribution is 2.37. The van der Waals surface area contributed by atoms with Crippen LogP contribution in [0.15, 0.2) is 48.5 Å². The average Bonchev–Trinajstić information content (AvgIpc) is 3.07. The van der Waals surface area contributed by atoms with E-state index in [1.165, 1.54) is 5.56 Å². The normalized spacial score (nSPS) is 13.5. The molecule has 132 valence electrons. The third-order valence-corrected chi connectivity index (χ3v) is 5.50. The summed E-state index contributed by atoms with van der Waals surface area (Å²) in [5, 5.41) is 14.2. The first-order valence-corrected chi connectivity index (χ1v) is 9.51. The maximum Gasteiger partial charge on any atom is 0.157 e. The Hall–Kier alpha value is -3.03. The molecule has 2 heterocycles. The van der Waals surface area contributed by atoms with Crippen molar-refractivity contribution >= 4 is 39.8 Å². The fraction of sp³-hybridized carbons (Fsp3) is 0.182. The summed E-state index contributed by atoms with van der Waals surface area (Å²) in [5.74, 6) is 0.995. The van der Waals surface area contributed by atoms with Gasteiger partial charge in [-0.2, -0.15) is 5.26 Å². The summed E-state index contributed by atoms with van der Waals surface area (Å²) >= 11 is 6.19. The predicted molar refractivity (Wildman–Crippen MR) is 109 cm³/mol. The van der Waals surface area contributed by atoms with Crippen molar-refractivity contribution in [2.45, 2.75) is 25.7 Å². The molecule has 0 amide bonds. The third kappa shape index (κ3) is 2.55. The summed E-state index contributed by atoms with van der Waals surface area (Å²) in [6.07, 6.45) is 4.10. The van der Waals surface area contributed by atoms with Crippen molar-refractivity contribution in [2.24, 2.45) is 0 Å². The molecule has 5 heteroatoms. The number of hydrogen-bond donors (Lipinski definition) is 1. The van der Waals surface area contributed by atoms with Gasteiger partial charge in [0.05, 0.1) is 16.6 Å². The van der Waals surface area contributed by atoms with Crippen LogP contribution in [-0.4, -0.2) is 9.38 Å². The zero-order chi connectivity index (χ0) is 18.4. The second-order valence-electron chi connectivity index (χ2n) is 6.89. The number of nitrogens with zero attached hydrogens (tertiary/aromatic N) is 3. The minimum absolute atomic E-state index is 0.689. The van der Waals surface area contributed by atoms with Crippen LogP contribution >= 0.6 is 11.6 Å². The van der Waals surface area contributed by atoms with Gasteiger partial charge in [0.1, 0.15) is 11.9 Å². The Labute approximate surface area is 162 Å². The monoisotopic (exact) mass is 372 g/mol. The molecule has 0 saturated carbocycles. The maximum atomic E-state index is 9.89. The molecule has 1 N–H and O–H groups in total. The zero-order valence-electron chi connectivity index (χ0n) is 14.7. The summed E-state index contributed by atoms with van der Waals surface area (Å²) in [6, 6.07) is 18.2. The van der Waals surface area contributed by atoms with Gasteiger partial charge in [-0.05, 0) is 67.1 Å². The number of nitriles is 1. The van der Waals surface area contributed by atoms with Crippen LogP contribution in [0.4, 0.5) is 11.5 Å². The maximum absolute atomic E-state index is 9.89. The summed E-state index contributed by atoms with van der Waals surface area (Å²) in [6.45, 7) is 0. The quantitative estimate of drug-likeness (QED) is 0.495. The van der Waals surface area contributed by atoms with Gasteiger partial charge in [-0.1, -0.05) is 29.8 Å². The van der Waals surface area contributed by atoms with Crippen molar-refractivity contribution in [1.82, 2.24) is 9.38 Å². The molecule has 5 rings (SSSR count). The Bertz CT molecular complexity index is 1230. The van der Waals surface area contributed by atoms with E-state index in [2.05, 4.69) is 21.9 Å². The van der Waals surface area contributed by atoms with Crippen LogP contribution in [-0.2, 0) is 12.8 Å². The largest absolute Gasteiger partial charge is 0.341 e. The lowest BCUT2D eigenvalue weighted by Crippen LogP contribution is -2.13. The number of fused-ring (bicyclic) bond motifs is 4. The van der Waals surface area contributed by atoms with Crippen LogP contribution in [0.5, 0.6) is 0 Å². The Morgan fingerprint density at radius 2 is 1.85 bits per heavy atom. The molecule has 0 fully saturated rings. The molecule has 0 bridgehead atoms. The van der Waals surface area contributed by atoms with Crippen molar-refractivity contribution in [1.29, 1.82) is 5.26 Å². The van der Waals surface area contributed by atoms with Gasteiger partial charge in [0.25, 0.3) is 0 Å². The molecule has 1 aliphatic carbocycles. The van der Waals surface area contributed by atoms with Crippen LogP contribution in [0, 0.1) is 11.3 Å². The van der Waals surface area contributed by atoms with Crippen LogP contribution in [0.1, 0.15) is 29.5 Å². The van der Waals surface area contributed by atoms with Gasteiger partial charge in [-0.25, -0.2) is 4.98 Å². The van der Waals surface area contributed by atoms with Gasteiger partial charge >= 0.3 is 0 Å². The Morgan fingerprint density at radius 1 is 1.04 bits per heavy atom. The van der Waals surface area contributed by atoms with Gasteiger partial charge in [-0.3, -0.25) is 4.40 Å². The molecule has 0 radical (unpaired) electrons. The van der Waals surface area contributed by atoms with Crippen molar-refractivity contribution in [2.75, 3.05) is 5.32 Å². The fourth-order valence-electron chi connectivity index (χ4n) is 4.08. The number of aromatic nitrogens is 2. The first-order chi connectivity index (χ1) is 13.3. The summed E-state index contributed by atoms with van der Waals surface area (Å²) in [7, 11) is 0. The van der Waals surface area contributed by atoms with E-state index < -0.39 is 0 Å². The van der Waals surface area contributed by atoms with E-state index in [-0.39, 0.29) is 0 Å². The van der Waals surface area contributed by atoms with E-state index in [9.17, 15) is 5.26 Å². The average molecular weight is 373 g/mol. The molecule has 27 heavy (non-hydrogen) atoms. The SMILES string of the molecule is N#Cc1c2c(c(Nc3cccc(Cl)c3)n3c1nc1ccccc13)CCCC2. The second-order valence-corrected chi connectivity index (χ2v) is 7.33. The molecule has 2 aromatic heterocycles. The Balaban J connectivity index is 1.88. The van der Waals surface area contributed by atoms with E-state index in [0.717, 1.165) is 59.4 Å². The minimum Gasteiger partial charge on any atom is -0.341 e. The number of pyridine rings is 1. The van der Waals surface area contributed by atoms with Crippen molar-refractivity contribution < 1.29 is 0 Å². The number of nitrogens with one attached hydrogen (secondary N) is 1. The first kappa shape index (κ1) is 16.2. The fourth-order valence-corrected chi connectivity index (χ4v) is 4.27. The van der Waals surface area contributed by atoms with E-state index >= 15 is 0 Å². The molecule has 2 aromatic carbocycles. The van der Waals surface area contributed by atoms with Crippen LogP contribution in [0.25, 0.3) is 16.7 Å². The molecule has 4 nitrogen and oxygen atoms in total. The van der Waals surface area contributed by atoms with Crippen molar-refractivity contribution in [3.05, 3.63) is 70.2 Å². The number of rotatable bonds is 2. The van der Waals surface area contributed by atoms with Crippen molar-refractivity contribution in [3.8, 4) is 6.07 Å². The highest BCUT2D eigenvalue weighted by atomic mass is 35.5. The number of imidazole rings is 1. The molecule has 1 aliphatic rings. The molecule has 0 spiro atoms. The summed E-state index contributed by atoms with van der Waals surface area (Å²) < 4.78 is 2.10. The highest BCUT2D eigenvalue weighted by molar-refractivity contribution is 6.30. The van der Waals surface area contributed by atoms with Crippen LogP contribution < -0.4 is 5.32 Å². The standard InChI is InChI=1S/C22H17ClN4/c23-14-6-5-7-15(12-14)25-21-17-9-2-1-8-16(17)18(13-24)22-26-19-10-3-4-11-20(19)27(21)22/h3-7,10-12,25H,1-2,8-9H2. The molecule has 0 saturated heterocycles. The van der Waals surface area contributed by atoms with Gasteiger partial charge in [0.15, 0.2) is 5.65 Å². The first-order valence-electron chi connectivity index (χ1n) is 9.14. The summed E-state index contributed by atoms with van der Waals surface area (Å²) in [5.41, 5.74) is 6.61. The molecule has 0 unspecified atom stereocenters. The number of benzene rings is 2. The second kappa shape index (κ2) is 6.29. The highest BCUT2D eigenvalue weighted by Gasteiger charge is 2.24. The molecule has 4 aromatic rings. The smallest absolute Gasteiger partial charge is 0.157 e. The lowest BCUT2D eigenvalue weighted by Gasteiger charge is -2.23. The number of anilines is 2. The summed E-state index contributed by atoms with van der Waals surface area (Å²) in [4.78, 5) is 4.79. The molecule has 0 atom stereocenters. The third-order valence-electron chi connectivity index (χ3n) is 5.26. The van der Waals surface area contributed by atoms with Gasteiger partial charge in [0, 0.05) is 10.7 Å².